The second-order valence-electron chi connectivity index (χ2n) is 4.27. The molecule has 0 radical (unpaired) electrons. The van der Waals surface area contributed by atoms with Gasteiger partial charge >= 0.3 is 0 Å². The van der Waals surface area contributed by atoms with Gasteiger partial charge < -0.3 is 16.0 Å². The highest BCUT2D eigenvalue weighted by Crippen LogP contribution is 2.09. The quantitative estimate of drug-likeness (QED) is 0.571. The average molecular weight is 249 g/mol. The Morgan fingerprint density at radius 2 is 1.89 bits per heavy atom. The fourth-order valence-corrected chi connectivity index (χ4v) is 1.78. The Morgan fingerprint density at radius 3 is 2.44 bits per heavy atom. The first kappa shape index (κ1) is 14.5. The van der Waals surface area contributed by atoms with E-state index in [-0.39, 0.29) is 5.91 Å². The van der Waals surface area contributed by atoms with Gasteiger partial charge in [0, 0.05) is 30.9 Å². The molecule has 0 unspecified atom stereocenters. The molecular weight excluding hydrogens is 226 g/mol. The average Bonchev–Trinajstić information content (AvgIpc) is 2.38. The number of hydrogen-bond donors (Lipinski definition) is 2. The van der Waals surface area contributed by atoms with Crippen LogP contribution in [0.4, 0.5) is 5.69 Å². The number of nitrogens with one attached hydrogen (secondary N) is 1. The summed E-state index contributed by atoms with van der Waals surface area (Å²) in [6.07, 6.45) is 0.965. The monoisotopic (exact) mass is 249 g/mol. The zero-order chi connectivity index (χ0) is 13.4. The van der Waals surface area contributed by atoms with Crippen LogP contribution in [0.1, 0.15) is 30.6 Å². The molecule has 0 aliphatic carbocycles. The van der Waals surface area contributed by atoms with E-state index in [9.17, 15) is 4.79 Å². The Balaban J connectivity index is 2.66. The molecule has 0 fully saturated rings. The van der Waals surface area contributed by atoms with E-state index in [2.05, 4.69) is 19.2 Å². The molecule has 18 heavy (non-hydrogen) atoms. The third-order valence-corrected chi connectivity index (χ3v) is 2.75. The maximum atomic E-state index is 12.3. The summed E-state index contributed by atoms with van der Waals surface area (Å²) in [4.78, 5) is 14.2. The molecule has 1 rings (SSSR count). The molecule has 0 saturated carbocycles. The van der Waals surface area contributed by atoms with Crippen molar-refractivity contribution in [3.8, 4) is 0 Å². The van der Waals surface area contributed by atoms with Crippen molar-refractivity contribution in [2.24, 2.45) is 0 Å². The summed E-state index contributed by atoms with van der Waals surface area (Å²) in [6, 6.07) is 7.10. The van der Waals surface area contributed by atoms with E-state index in [1.807, 2.05) is 4.90 Å². The van der Waals surface area contributed by atoms with Crippen LogP contribution in [0.15, 0.2) is 24.3 Å². The van der Waals surface area contributed by atoms with Gasteiger partial charge in [-0.3, -0.25) is 4.79 Å². The number of amides is 1. The Kier molecular flexibility index (Phi) is 6.22. The Hall–Kier alpha value is -1.55. The summed E-state index contributed by atoms with van der Waals surface area (Å²) in [6.45, 7) is 7.43. The van der Waals surface area contributed by atoms with Crippen molar-refractivity contribution >= 4 is 11.6 Å². The molecule has 0 atom stereocenters. The van der Waals surface area contributed by atoms with Crippen molar-refractivity contribution in [2.75, 3.05) is 31.9 Å². The molecule has 100 valence electrons. The van der Waals surface area contributed by atoms with E-state index in [0.29, 0.717) is 11.3 Å². The molecule has 0 aliphatic heterocycles. The van der Waals surface area contributed by atoms with Gasteiger partial charge in [0.25, 0.3) is 5.91 Å². The smallest absolute Gasteiger partial charge is 0.253 e. The summed E-state index contributed by atoms with van der Waals surface area (Å²) in [5.41, 5.74) is 7.01. The Bertz CT molecular complexity index is 362. The SMILES string of the molecule is CCCN(CCNCC)C(=O)c1ccc(N)cc1. The zero-order valence-corrected chi connectivity index (χ0v) is 11.3. The van der Waals surface area contributed by atoms with Crippen molar-refractivity contribution in [3.63, 3.8) is 0 Å². The van der Waals surface area contributed by atoms with Gasteiger partial charge in [0.1, 0.15) is 0 Å². The van der Waals surface area contributed by atoms with E-state index < -0.39 is 0 Å². The first-order chi connectivity index (χ1) is 8.69. The van der Waals surface area contributed by atoms with Gasteiger partial charge in [-0.15, -0.1) is 0 Å². The molecule has 4 nitrogen and oxygen atoms in total. The number of nitrogen functional groups attached to an aromatic ring is 1. The minimum Gasteiger partial charge on any atom is -0.399 e. The lowest BCUT2D eigenvalue weighted by atomic mass is 10.2. The van der Waals surface area contributed by atoms with Crippen LogP contribution >= 0.6 is 0 Å². The first-order valence-electron chi connectivity index (χ1n) is 6.54. The largest absolute Gasteiger partial charge is 0.399 e. The predicted octanol–water partition coefficient (Wildman–Crippen LogP) is 1.73. The maximum absolute atomic E-state index is 12.3. The summed E-state index contributed by atoms with van der Waals surface area (Å²) in [5, 5.41) is 3.24. The van der Waals surface area contributed by atoms with Crippen LogP contribution in [0.2, 0.25) is 0 Å². The summed E-state index contributed by atoms with van der Waals surface area (Å²) < 4.78 is 0. The zero-order valence-electron chi connectivity index (χ0n) is 11.3. The van der Waals surface area contributed by atoms with Crippen LogP contribution in [0.25, 0.3) is 0 Å². The van der Waals surface area contributed by atoms with Crippen molar-refractivity contribution in [2.45, 2.75) is 20.3 Å². The lowest BCUT2D eigenvalue weighted by molar-refractivity contribution is 0.0757. The number of nitrogens with two attached hydrogens (primary N) is 1. The predicted molar refractivity (Wildman–Crippen MR) is 75.6 cm³/mol. The third kappa shape index (κ3) is 4.37. The normalized spacial score (nSPS) is 10.3. The number of anilines is 1. The van der Waals surface area contributed by atoms with Gasteiger partial charge in [0.2, 0.25) is 0 Å². The van der Waals surface area contributed by atoms with Crippen LogP contribution in [0.3, 0.4) is 0 Å². The van der Waals surface area contributed by atoms with Gasteiger partial charge in [-0.25, -0.2) is 0 Å². The lowest BCUT2D eigenvalue weighted by Crippen LogP contribution is -2.37. The highest BCUT2D eigenvalue weighted by Gasteiger charge is 2.14. The van der Waals surface area contributed by atoms with Gasteiger partial charge in [-0.1, -0.05) is 13.8 Å². The molecule has 0 saturated heterocycles. The first-order valence-corrected chi connectivity index (χ1v) is 6.54. The number of rotatable bonds is 7. The molecule has 3 N–H and O–H groups in total. The van der Waals surface area contributed by atoms with Gasteiger partial charge in [-0.2, -0.15) is 0 Å². The van der Waals surface area contributed by atoms with Crippen LogP contribution in [-0.2, 0) is 0 Å². The number of nitrogens with zero attached hydrogens (tertiary/aromatic N) is 1. The van der Waals surface area contributed by atoms with E-state index in [1.54, 1.807) is 24.3 Å². The molecule has 0 spiro atoms. The van der Waals surface area contributed by atoms with Crippen LogP contribution in [0.5, 0.6) is 0 Å². The molecule has 0 heterocycles. The minimum atomic E-state index is 0.0785. The molecule has 0 aliphatic rings. The standard InChI is InChI=1S/C14H23N3O/c1-3-10-17(11-9-16-4-2)14(18)12-5-7-13(15)8-6-12/h5-8,16H,3-4,9-11,15H2,1-2H3. The number of benzene rings is 1. The minimum absolute atomic E-state index is 0.0785. The highest BCUT2D eigenvalue weighted by atomic mass is 16.2. The summed E-state index contributed by atoms with van der Waals surface area (Å²) >= 11 is 0. The number of hydrogen-bond acceptors (Lipinski definition) is 3. The second kappa shape index (κ2) is 7.71. The van der Waals surface area contributed by atoms with Gasteiger partial charge in [-0.05, 0) is 37.2 Å². The molecule has 0 bridgehead atoms. The van der Waals surface area contributed by atoms with Crippen molar-refractivity contribution in [1.29, 1.82) is 0 Å². The molecule has 4 heteroatoms. The molecule has 1 aromatic carbocycles. The Morgan fingerprint density at radius 1 is 1.22 bits per heavy atom. The van der Waals surface area contributed by atoms with E-state index in [4.69, 9.17) is 5.73 Å². The fraction of sp³-hybridized carbons (Fsp3) is 0.500. The Labute approximate surface area is 109 Å². The second-order valence-corrected chi connectivity index (χ2v) is 4.27. The van der Waals surface area contributed by atoms with Gasteiger partial charge in [0.15, 0.2) is 0 Å². The van der Waals surface area contributed by atoms with Crippen LogP contribution in [0, 0.1) is 0 Å². The fourth-order valence-electron chi connectivity index (χ4n) is 1.78. The van der Waals surface area contributed by atoms with E-state index in [1.165, 1.54) is 0 Å². The van der Waals surface area contributed by atoms with E-state index >= 15 is 0 Å². The van der Waals surface area contributed by atoms with Crippen LogP contribution in [-0.4, -0.2) is 37.0 Å². The summed E-state index contributed by atoms with van der Waals surface area (Å²) in [5.74, 6) is 0.0785. The van der Waals surface area contributed by atoms with Crippen LogP contribution < -0.4 is 11.1 Å². The maximum Gasteiger partial charge on any atom is 0.253 e. The molecular formula is C14H23N3O. The summed E-state index contributed by atoms with van der Waals surface area (Å²) in [7, 11) is 0. The third-order valence-electron chi connectivity index (χ3n) is 2.75. The number of likely N-dealkylation sites (N-methyl/N-ethyl adjacent to an activating group) is 1. The number of carbonyl (C=O) groups is 1. The topological polar surface area (TPSA) is 58.4 Å². The molecule has 1 aromatic rings. The number of carbonyl (C=O) groups excluding carboxylic acids is 1. The molecule has 0 aromatic heterocycles. The van der Waals surface area contributed by atoms with E-state index in [0.717, 1.165) is 32.6 Å². The molecule has 1 amide bonds. The van der Waals surface area contributed by atoms with Crippen molar-refractivity contribution in [3.05, 3.63) is 29.8 Å². The van der Waals surface area contributed by atoms with Gasteiger partial charge in [0.05, 0.1) is 0 Å². The lowest BCUT2D eigenvalue weighted by Gasteiger charge is -2.22. The van der Waals surface area contributed by atoms with Crippen molar-refractivity contribution in [1.82, 2.24) is 10.2 Å². The highest BCUT2D eigenvalue weighted by molar-refractivity contribution is 5.94. The van der Waals surface area contributed by atoms with Crippen molar-refractivity contribution < 1.29 is 4.79 Å².